The van der Waals surface area contributed by atoms with E-state index in [1.807, 2.05) is 49.4 Å². The van der Waals surface area contributed by atoms with Crippen molar-refractivity contribution in [3.8, 4) is 0 Å². The number of unbranched alkanes of at least 4 members (excludes halogenated alkanes) is 1. The molecule has 4 atom stereocenters. The van der Waals surface area contributed by atoms with Gasteiger partial charge in [-0.1, -0.05) is 55.1 Å². The first-order chi connectivity index (χ1) is 19.1. The van der Waals surface area contributed by atoms with Gasteiger partial charge in [-0.15, -0.1) is 10.1 Å². The largest absolute Gasteiger partial charge is 0.513 e. The second-order valence-corrected chi connectivity index (χ2v) is 9.57. The van der Waals surface area contributed by atoms with Gasteiger partial charge < -0.3 is 25.1 Å². The average molecular weight is 561 g/mol. The van der Waals surface area contributed by atoms with Gasteiger partial charge in [-0.3, -0.25) is 9.59 Å². The van der Waals surface area contributed by atoms with Crippen molar-refractivity contribution in [2.75, 3.05) is 13.2 Å². The molecule has 0 radical (unpaired) electrons. The quantitative estimate of drug-likeness (QED) is 0.0474. The van der Waals surface area contributed by atoms with Crippen LogP contribution < -0.4 is 5.32 Å². The molecular weight excluding hydrogens is 516 g/mol. The summed E-state index contributed by atoms with van der Waals surface area (Å²) in [6.07, 6.45) is 9.43. The van der Waals surface area contributed by atoms with Crippen LogP contribution in [0.2, 0.25) is 0 Å². The van der Waals surface area contributed by atoms with Gasteiger partial charge in [0.25, 0.3) is 5.09 Å². The van der Waals surface area contributed by atoms with E-state index in [1.54, 1.807) is 19.1 Å². The summed E-state index contributed by atoms with van der Waals surface area (Å²) in [4.78, 5) is 38.5. The van der Waals surface area contributed by atoms with Crippen LogP contribution in [-0.2, 0) is 25.6 Å². The Morgan fingerprint density at radius 3 is 2.50 bits per heavy atom. The molecule has 0 saturated heterocycles. The number of aryl methyl sites for hydroxylation is 1. The summed E-state index contributed by atoms with van der Waals surface area (Å²) >= 11 is 0. The van der Waals surface area contributed by atoms with E-state index in [4.69, 9.17) is 4.74 Å². The highest BCUT2D eigenvalue weighted by molar-refractivity contribution is 5.75. The summed E-state index contributed by atoms with van der Waals surface area (Å²) in [5.41, 5.74) is 1.07. The molecule has 3 N–H and O–H groups in total. The molecule has 0 aliphatic carbocycles. The third kappa shape index (κ3) is 15.7. The molecule has 1 rings (SSSR count). The van der Waals surface area contributed by atoms with Crippen molar-refractivity contribution < 1.29 is 34.5 Å². The molecule has 0 spiro atoms. The molecule has 1 amide bonds. The van der Waals surface area contributed by atoms with Crippen LogP contribution in [0.1, 0.15) is 64.4 Å². The summed E-state index contributed by atoms with van der Waals surface area (Å²) < 4.78 is 5.65. The monoisotopic (exact) mass is 560 g/mol. The van der Waals surface area contributed by atoms with Crippen LogP contribution in [0.15, 0.2) is 67.0 Å². The van der Waals surface area contributed by atoms with Gasteiger partial charge in [0.1, 0.15) is 6.10 Å². The van der Waals surface area contributed by atoms with E-state index in [1.165, 1.54) is 0 Å². The zero-order valence-corrected chi connectivity index (χ0v) is 23.6. The number of nitrogens with zero attached hydrogens (tertiary/aromatic N) is 1. The number of nitrogens with one attached hydrogen (secondary N) is 1. The van der Waals surface area contributed by atoms with Crippen LogP contribution >= 0.6 is 0 Å². The van der Waals surface area contributed by atoms with Gasteiger partial charge in [0.05, 0.1) is 18.5 Å². The molecule has 0 saturated carbocycles. The van der Waals surface area contributed by atoms with E-state index in [0.717, 1.165) is 5.56 Å². The van der Waals surface area contributed by atoms with Gasteiger partial charge >= 0.3 is 5.97 Å². The van der Waals surface area contributed by atoms with Crippen molar-refractivity contribution in [1.29, 1.82) is 0 Å². The van der Waals surface area contributed by atoms with Gasteiger partial charge in [0.15, 0.2) is 0 Å². The standard InChI is InChI=1S/C30H44N2O8/c1-4-31-29(35)16-11-6-5-10-15-27(23(2)33)28(24(3)34)21-20-26(19-18-25-13-8-7-9-14-25)40-30(36)17-12-22-39-32(37)38/h5,7-10,13-14,20-21,24,26-28,33-34H,2,4,6,11-12,15-19,22H2,1,3H3,(H,31,35)/b10-5-,21-20+/t24-,26+,27+,28+/m1/s1. The number of aliphatic hydroxyl groups is 2. The first-order valence-electron chi connectivity index (χ1n) is 13.8. The molecular formula is C30H44N2O8. The molecule has 40 heavy (non-hydrogen) atoms. The van der Waals surface area contributed by atoms with Gasteiger partial charge in [0.2, 0.25) is 5.91 Å². The molecule has 0 bridgehead atoms. The Morgan fingerprint density at radius 2 is 1.88 bits per heavy atom. The van der Waals surface area contributed by atoms with Gasteiger partial charge in [-0.2, -0.15) is 0 Å². The number of amides is 1. The molecule has 10 nitrogen and oxygen atoms in total. The number of hydrogen-bond acceptors (Lipinski definition) is 8. The minimum absolute atomic E-state index is 0.0178. The predicted molar refractivity (Wildman–Crippen MR) is 153 cm³/mol. The maximum absolute atomic E-state index is 12.4. The SMILES string of the molecule is C=C(O)[C@H](C/C=C\CCCC(=O)NCC)[C@@H](/C=C/[C@H](CCc1ccccc1)OC(=O)CCCO[N+](=O)[O-])[C@@H](C)O. The van der Waals surface area contributed by atoms with Crippen molar-refractivity contribution in [3.05, 3.63) is 82.7 Å². The van der Waals surface area contributed by atoms with Crippen molar-refractivity contribution in [1.82, 2.24) is 5.32 Å². The molecule has 0 fully saturated rings. The smallest absolute Gasteiger partial charge is 0.306 e. The van der Waals surface area contributed by atoms with Crippen LogP contribution in [0.3, 0.4) is 0 Å². The molecule has 0 aliphatic heterocycles. The van der Waals surface area contributed by atoms with Gasteiger partial charge in [0, 0.05) is 31.2 Å². The number of rotatable bonds is 21. The van der Waals surface area contributed by atoms with Crippen molar-refractivity contribution in [2.45, 2.75) is 77.4 Å². The van der Waals surface area contributed by atoms with Crippen molar-refractivity contribution >= 4 is 11.9 Å². The Morgan fingerprint density at radius 1 is 1.15 bits per heavy atom. The zero-order valence-electron chi connectivity index (χ0n) is 23.6. The number of carbonyl (C=O) groups is 2. The Balaban J connectivity index is 2.87. The van der Waals surface area contributed by atoms with E-state index in [2.05, 4.69) is 16.7 Å². The number of esters is 1. The highest BCUT2D eigenvalue weighted by Gasteiger charge is 2.26. The number of aliphatic hydroxyl groups excluding tert-OH is 2. The first kappa shape index (κ1) is 34.4. The van der Waals surface area contributed by atoms with Crippen LogP contribution in [0.25, 0.3) is 0 Å². The number of carbonyl (C=O) groups excluding carboxylic acids is 2. The predicted octanol–water partition coefficient (Wildman–Crippen LogP) is 5.01. The molecule has 0 heterocycles. The van der Waals surface area contributed by atoms with Crippen LogP contribution in [0, 0.1) is 22.0 Å². The maximum Gasteiger partial charge on any atom is 0.306 e. The lowest BCUT2D eigenvalue weighted by molar-refractivity contribution is -0.757. The molecule has 10 heteroatoms. The van der Waals surface area contributed by atoms with Gasteiger partial charge in [-0.05, 0) is 64.0 Å². The Bertz CT molecular complexity index is 962. The number of allylic oxidation sites excluding steroid dienone is 3. The summed E-state index contributed by atoms with van der Waals surface area (Å²) in [5.74, 6) is -1.53. The lowest BCUT2D eigenvalue weighted by atomic mass is 9.83. The first-order valence-corrected chi connectivity index (χ1v) is 13.8. The average Bonchev–Trinajstić information content (AvgIpc) is 2.90. The molecule has 0 unspecified atom stereocenters. The number of benzene rings is 1. The maximum atomic E-state index is 12.4. The lowest BCUT2D eigenvalue weighted by Gasteiger charge is -2.26. The second kappa shape index (κ2) is 20.3. The Labute approximate surface area is 236 Å². The molecule has 0 aromatic heterocycles. The third-order valence-electron chi connectivity index (χ3n) is 6.27. The topological polar surface area (TPSA) is 148 Å². The van der Waals surface area contributed by atoms with E-state index >= 15 is 0 Å². The Kier molecular flexibility index (Phi) is 17.4. The third-order valence-corrected chi connectivity index (χ3v) is 6.27. The number of hydrogen-bond donors (Lipinski definition) is 3. The van der Waals surface area contributed by atoms with Crippen LogP contribution in [-0.4, -0.2) is 52.5 Å². The van der Waals surface area contributed by atoms with E-state index in [-0.39, 0.29) is 31.1 Å². The molecule has 0 aliphatic rings. The Hall–Kier alpha value is -3.66. The summed E-state index contributed by atoms with van der Waals surface area (Å²) in [5, 5.41) is 33.0. The fourth-order valence-corrected chi connectivity index (χ4v) is 4.16. The fraction of sp³-hybridized carbons (Fsp3) is 0.533. The summed E-state index contributed by atoms with van der Waals surface area (Å²) in [6, 6.07) is 9.72. The van der Waals surface area contributed by atoms with Gasteiger partial charge in [-0.25, -0.2) is 0 Å². The van der Waals surface area contributed by atoms with Crippen molar-refractivity contribution in [3.63, 3.8) is 0 Å². The lowest BCUT2D eigenvalue weighted by Crippen LogP contribution is -2.26. The van der Waals surface area contributed by atoms with Crippen molar-refractivity contribution in [2.24, 2.45) is 11.8 Å². The van der Waals surface area contributed by atoms with E-state index in [9.17, 15) is 29.9 Å². The second-order valence-electron chi connectivity index (χ2n) is 9.57. The highest BCUT2D eigenvalue weighted by Crippen LogP contribution is 2.28. The zero-order chi connectivity index (χ0) is 29.8. The highest BCUT2D eigenvalue weighted by atomic mass is 16.9. The molecule has 1 aromatic rings. The summed E-state index contributed by atoms with van der Waals surface area (Å²) in [6.45, 7) is 7.61. The molecule has 222 valence electrons. The summed E-state index contributed by atoms with van der Waals surface area (Å²) in [7, 11) is 0. The minimum Gasteiger partial charge on any atom is -0.513 e. The normalized spacial score (nSPS) is 14.4. The van der Waals surface area contributed by atoms with E-state index in [0.29, 0.717) is 45.1 Å². The number of ether oxygens (including phenoxy) is 1. The fourth-order valence-electron chi connectivity index (χ4n) is 4.16. The van der Waals surface area contributed by atoms with Crippen LogP contribution in [0.4, 0.5) is 0 Å². The molecule has 1 aromatic carbocycles. The minimum atomic E-state index is -0.903. The van der Waals surface area contributed by atoms with Crippen LogP contribution in [0.5, 0.6) is 0 Å². The van der Waals surface area contributed by atoms with E-state index < -0.39 is 35.1 Å².